The van der Waals surface area contributed by atoms with E-state index < -0.39 is 0 Å². The van der Waals surface area contributed by atoms with E-state index in [4.69, 9.17) is 9.47 Å². The minimum absolute atomic E-state index is 0.0539. The van der Waals surface area contributed by atoms with E-state index in [2.05, 4.69) is 15.1 Å². The van der Waals surface area contributed by atoms with Crippen LogP contribution < -0.4 is 10.1 Å². The molecule has 0 spiro atoms. The summed E-state index contributed by atoms with van der Waals surface area (Å²) in [6.07, 6.45) is 0.925. The predicted molar refractivity (Wildman–Crippen MR) is 94.3 cm³/mol. The van der Waals surface area contributed by atoms with Crippen molar-refractivity contribution in [1.82, 2.24) is 15.1 Å². The fourth-order valence-corrected chi connectivity index (χ4v) is 2.73. The molecule has 0 aliphatic carbocycles. The molecule has 1 fully saturated rings. The van der Waals surface area contributed by atoms with Gasteiger partial charge in [-0.25, -0.2) is 4.39 Å². The number of hydrogen-bond donors (Lipinski definition) is 1. The quantitative estimate of drug-likeness (QED) is 0.636. The van der Waals surface area contributed by atoms with Crippen LogP contribution in [-0.4, -0.2) is 81.8 Å². The summed E-state index contributed by atoms with van der Waals surface area (Å²) >= 11 is 0. The smallest absolute Gasteiger partial charge is 0.234 e. The summed E-state index contributed by atoms with van der Waals surface area (Å²) in [6, 6.07) is 6.09. The Hall–Kier alpha value is -1.70. The Labute approximate surface area is 148 Å². The Morgan fingerprint density at radius 1 is 1.12 bits per heavy atom. The zero-order valence-corrected chi connectivity index (χ0v) is 14.9. The third-order valence-electron chi connectivity index (χ3n) is 4.16. The molecule has 1 aromatic carbocycles. The molecule has 7 heteroatoms. The first-order valence-corrected chi connectivity index (χ1v) is 8.76. The van der Waals surface area contributed by atoms with Gasteiger partial charge < -0.3 is 19.7 Å². The van der Waals surface area contributed by atoms with E-state index in [1.807, 2.05) is 0 Å². The minimum atomic E-state index is -0.252. The second-order valence-corrected chi connectivity index (χ2v) is 6.12. The second-order valence-electron chi connectivity index (χ2n) is 6.12. The van der Waals surface area contributed by atoms with Crippen LogP contribution in [0.15, 0.2) is 24.3 Å². The van der Waals surface area contributed by atoms with Gasteiger partial charge >= 0.3 is 0 Å². The molecule has 1 aromatic rings. The molecule has 1 saturated heterocycles. The Morgan fingerprint density at radius 3 is 2.48 bits per heavy atom. The highest BCUT2D eigenvalue weighted by Crippen LogP contribution is 2.11. The van der Waals surface area contributed by atoms with Crippen LogP contribution in [0.5, 0.6) is 5.75 Å². The summed E-state index contributed by atoms with van der Waals surface area (Å²) in [5.74, 6) is 0.501. The van der Waals surface area contributed by atoms with Crippen LogP contribution in [0, 0.1) is 5.82 Å². The van der Waals surface area contributed by atoms with Gasteiger partial charge in [0.25, 0.3) is 0 Å². The first-order chi connectivity index (χ1) is 12.2. The number of rotatable bonds is 10. The fraction of sp³-hybridized carbons (Fsp3) is 0.611. The van der Waals surface area contributed by atoms with Gasteiger partial charge in [0.2, 0.25) is 5.91 Å². The number of piperazine rings is 1. The van der Waals surface area contributed by atoms with Gasteiger partial charge in [0, 0.05) is 46.4 Å². The molecule has 1 aliphatic heterocycles. The lowest BCUT2D eigenvalue weighted by Gasteiger charge is -2.34. The first-order valence-electron chi connectivity index (χ1n) is 8.76. The number of carbonyl (C=O) groups excluding carboxylic acids is 1. The summed E-state index contributed by atoms with van der Waals surface area (Å²) in [5.41, 5.74) is 0. The number of benzene rings is 1. The summed E-state index contributed by atoms with van der Waals surface area (Å²) in [6.45, 7) is 6.85. The average Bonchev–Trinajstić information content (AvgIpc) is 2.62. The summed E-state index contributed by atoms with van der Waals surface area (Å²) < 4.78 is 23.3. The molecular weight excluding hydrogens is 325 g/mol. The molecule has 1 amide bonds. The molecule has 0 radical (unpaired) electrons. The van der Waals surface area contributed by atoms with Crippen LogP contribution in [0.25, 0.3) is 0 Å². The van der Waals surface area contributed by atoms with Crippen molar-refractivity contribution in [1.29, 1.82) is 0 Å². The van der Waals surface area contributed by atoms with Crippen molar-refractivity contribution >= 4 is 5.91 Å². The molecule has 0 aromatic heterocycles. The maximum absolute atomic E-state index is 12.8. The number of nitrogens with zero attached hydrogens (tertiary/aromatic N) is 2. The van der Waals surface area contributed by atoms with Crippen LogP contribution in [0.3, 0.4) is 0 Å². The molecule has 0 unspecified atom stereocenters. The SMILES string of the molecule is COCCNC(=O)CN1CCN(CCCOc2ccc(F)cc2)CC1. The highest BCUT2D eigenvalue weighted by atomic mass is 19.1. The molecule has 1 heterocycles. The van der Waals surface area contributed by atoms with Crippen LogP contribution in [0.4, 0.5) is 4.39 Å². The van der Waals surface area contributed by atoms with Gasteiger partial charge in [-0.3, -0.25) is 9.69 Å². The molecule has 1 aliphatic rings. The Morgan fingerprint density at radius 2 is 1.80 bits per heavy atom. The van der Waals surface area contributed by atoms with Crippen LogP contribution in [0.2, 0.25) is 0 Å². The number of carbonyl (C=O) groups is 1. The van der Waals surface area contributed by atoms with Crippen molar-refractivity contribution in [2.45, 2.75) is 6.42 Å². The molecule has 6 nitrogen and oxygen atoms in total. The zero-order valence-electron chi connectivity index (χ0n) is 14.9. The fourth-order valence-electron chi connectivity index (χ4n) is 2.73. The standard InChI is InChI=1S/C18H28FN3O3/c1-24-14-7-20-18(23)15-22-11-9-21(10-12-22)8-2-13-25-17-5-3-16(19)4-6-17/h3-6H,2,7-15H2,1H3,(H,20,23). The molecule has 0 saturated carbocycles. The number of nitrogens with one attached hydrogen (secondary N) is 1. The number of halogens is 1. The van der Waals surface area contributed by atoms with Gasteiger partial charge in [-0.15, -0.1) is 0 Å². The number of hydrogen-bond acceptors (Lipinski definition) is 5. The van der Waals surface area contributed by atoms with Crippen molar-refractivity contribution in [3.63, 3.8) is 0 Å². The predicted octanol–water partition coefficient (Wildman–Crippen LogP) is 0.975. The van der Waals surface area contributed by atoms with Gasteiger partial charge in [0.1, 0.15) is 11.6 Å². The van der Waals surface area contributed by atoms with Crippen LogP contribution >= 0.6 is 0 Å². The Bertz CT molecular complexity index is 505. The van der Waals surface area contributed by atoms with Gasteiger partial charge in [-0.2, -0.15) is 0 Å². The summed E-state index contributed by atoms with van der Waals surface area (Å²) in [5, 5.41) is 2.84. The van der Waals surface area contributed by atoms with Crippen molar-refractivity contribution in [3.05, 3.63) is 30.1 Å². The van der Waals surface area contributed by atoms with Gasteiger partial charge in [-0.05, 0) is 30.7 Å². The lowest BCUT2D eigenvalue weighted by Crippen LogP contribution is -2.49. The van der Waals surface area contributed by atoms with Crippen LogP contribution in [-0.2, 0) is 9.53 Å². The van der Waals surface area contributed by atoms with Gasteiger partial charge in [-0.1, -0.05) is 0 Å². The lowest BCUT2D eigenvalue weighted by atomic mass is 10.3. The van der Waals surface area contributed by atoms with E-state index in [9.17, 15) is 9.18 Å². The van der Waals surface area contributed by atoms with E-state index >= 15 is 0 Å². The average molecular weight is 353 g/mol. The minimum Gasteiger partial charge on any atom is -0.494 e. The van der Waals surface area contributed by atoms with E-state index in [-0.39, 0.29) is 11.7 Å². The molecule has 0 atom stereocenters. The topological polar surface area (TPSA) is 54.0 Å². The van der Waals surface area contributed by atoms with Crippen LogP contribution in [0.1, 0.15) is 6.42 Å². The third kappa shape index (κ3) is 7.81. The number of methoxy groups -OCH3 is 1. The molecule has 140 valence electrons. The molecule has 0 bridgehead atoms. The monoisotopic (exact) mass is 353 g/mol. The van der Waals surface area contributed by atoms with Crippen molar-refractivity contribution < 1.29 is 18.7 Å². The molecule has 1 N–H and O–H groups in total. The number of ether oxygens (including phenoxy) is 2. The van der Waals surface area contributed by atoms with Crippen molar-refractivity contribution in [2.75, 3.05) is 66.1 Å². The van der Waals surface area contributed by atoms with E-state index in [1.54, 1.807) is 19.2 Å². The first kappa shape index (κ1) is 19.6. The maximum atomic E-state index is 12.8. The molecule has 2 rings (SSSR count). The van der Waals surface area contributed by atoms with Crippen molar-refractivity contribution in [2.24, 2.45) is 0 Å². The largest absolute Gasteiger partial charge is 0.494 e. The Kier molecular flexibility index (Phi) is 8.65. The van der Waals surface area contributed by atoms with Gasteiger partial charge in [0.05, 0.1) is 19.8 Å². The Balaban J connectivity index is 1.53. The normalized spacial score (nSPS) is 15.9. The molecular formula is C18H28FN3O3. The second kappa shape index (κ2) is 11.0. The van der Waals surface area contributed by atoms with E-state index in [1.165, 1.54) is 12.1 Å². The molecule has 25 heavy (non-hydrogen) atoms. The van der Waals surface area contributed by atoms with Crippen molar-refractivity contribution in [3.8, 4) is 5.75 Å². The number of amides is 1. The zero-order chi connectivity index (χ0) is 17.9. The highest BCUT2D eigenvalue weighted by Gasteiger charge is 2.18. The lowest BCUT2D eigenvalue weighted by molar-refractivity contribution is -0.122. The summed E-state index contributed by atoms with van der Waals surface area (Å²) in [7, 11) is 1.62. The van der Waals surface area contributed by atoms with E-state index in [0.29, 0.717) is 32.1 Å². The van der Waals surface area contributed by atoms with E-state index in [0.717, 1.165) is 39.1 Å². The maximum Gasteiger partial charge on any atom is 0.234 e. The summed E-state index contributed by atoms with van der Waals surface area (Å²) in [4.78, 5) is 16.3. The third-order valence-corrected chi connectivity index (χ3v) is 4.16. The highest BCUT2D eigenvalue weighted by molar-refractivity contribution is 5.77. The van der Waals surface area contributed by atoms with Gasteiger partial charge in [0.15, 0.2) is 0 Å².